The Morgan fingerprint density at radius 3 is 1.26 bits per heavy atom. The summed E-state index contributed by atoms with van der Waals surface area (Å²) in [6.45, 7) is 19.7. The van der Waals surface area contributed by atoms with Crippen LogP contribution in [0.25, 0.3) is 23.3 Å². The summed E-state index contributed by atoms with van der Waals surface area (Å²) < 4.78 is 11.0. The van der Waals surface area contributed by atoms with Crippen molar-refractivity contribution >= 4 is 24.1 Å². The molecule has 4 aromatic rings. The Morgan fingerprint density at radius 2 is 0.894 bits per heavy atom. The number of hydrogen-bond acceptors (Lipinski definition) is 4. The van der Waals surface area contributed by atoms with Crippen molar-refractivity contribution in [3.63, 3.8) is 0 Å². The Balaban J connectivity index is 1.72. The molecule has 1 aliphatic rings. The lowest BCUT2D eigenvalue weighted by atomic mass is 9.64. The second-order valence-corrected chi connectivity index (χ2v) is 14.6. The maximum absolute atomic E-state index is 12.5. The van der Waals surface area contributed by atoms with E-state index in [0.29, 0.717) is 0 Å². The average molecular weight is 627 g/mol. The summed E-state index contributed by atoms with van der Waals surface area (Å²) in [4.78, 5) is 25.0. The van der Waals surface area contributed by atoms with Crippen LogP contribution in [0.2, 0.25) is 0 Å². The zero-order valence-corrected chi connectivity index (χ0v) is 29.4. The van der Waals surface area contributed by atoms with Gasteiger partial charge in [0.05, 0.1) is 5.41 Å². The fourth-order valence-corrected chi connectivity index (χ4v) is 6.79. The summed E-state index contributed by atoms with van der Waals surface area (Å²) in [6.07, 6.45) is 6.73. The first-order valence-corrected chi connectivity index (χ1v) is 16.3. The van der Waals surface area contributed by atoms with Crippen molar-refractivity contribution in [2.45, 2.75) is 85.9 Å². The number of aryl methyl sites for hydroxylation is 4. The van der Waals surface area contributed by atoms with E-state index >= 15 is 0 Å². The van der Waals surface area contributed by atoms with Gasteiger partial charge in [0.15, 0.2) is 0 Å². The van der Waals surface area contributed by atoms with Gasteiger partial charge < -0.3 is 9.47 Å². The predicted molar refractivity (Wildman–Crippen MR) is 192 cm³/mol. The van der Waals surface area contributed by atoms with E-state index in [1.54, 1.807) is 0 Å². The van der Waals surface area contributed by atoms with Crippen LogP contribution in [-0.4, -0.2) is 23.1 Å². The van der Waals surface area contributed by atoms with Gasteiger partial charge in [0.1, 0.15) is 11.2 Å². The topological polar surface area (TPSA) is 52.6 Å². The normalized spacial score (nSPS) is 13.9. The molecule has 0 spiro atoms. The van der Waals surface area contributed by atoms with Gasteiger partial charge in [-0.15, -0.1) is 0 Å². The molecule has 0 atom stereocenters. The first-order valence-electron chi connectivity index (χ1n) is 16.3. The Kier molecular flexibility index (Phi) is 8.94. The predicted octanol–water partition coefficient (Wildman–Crippen LogP) is 9.99. The Labute approximate surface area is 280 Å². The highest BCUT2D eigenvalue weighted by molar-refractivity contribution is 5.90. The van der Waals surface area contributed by atoms with Crippen molar-refractivity contribution in [1.82, 2.24) is 0 Å². The summed E-state index contributed by atoms with van der Waals surface area (Å²) in [5.41, 5.74) is 11.9. The first kappa shape index (κ1) is 33.7. The lowest BCUT2D eigenvalue weighted by Crippen LogP contribution is -2.31. The van der Waals surface area contributed by atoms with Crippen LogP contribution >= 0.6 is 0 Å². The zero-order chi connectivity index (χ0) is 34.3. The van der Waals surface area contributed by atoms with E-state index in [9.17, 15) is 9.59 Å². The van der Waals surface area contributed by atoms with Gasteiger partial charge >= 0.3 is 11.9 Å². The molecule has 1 aliphatic carbocycles. The molecule has 0 fully saturated rings. The van der Waals surface area contributed by atoms with Crippen molar-refractivity contribution in [1.29, 1.82) is 0 Å². The largest absolute Gasteiger partial charge is 0.457 e. The molecule has 0 aromatic heterocycles. The fraction of sp³-hybridized carbons (Fsp3) is 0.302. The summed E-state index contributed by atoms with van der Waals surface area (Å²) in [5.74, 6) is -0.721. The Hall–Kier alpha value is -4.70. The second-order valence-electron chi connectivity index (χ2n) is 14.6. The van der Waals surface area contributed by atoms with Crippen molar-refractivity contribution in [3.05, 3.63) is 141 Å². The van der Waals surface area contributed by atoms with E-state index in [1.165, 1.54) is 45.5 Å². The molecule has 47 heavy (non-hydrogen) atoms. The van der Waals surface area contributed by atoms with Gasteiger partial charge in [0, 0.05) is 12.2 Å². The average Bonchev–Trinajstić information content (AvgIpc) is 3.27. The van der Waals surface area contributed by atoms with E-state index in [4.69, 9.17) is 9.47 Å². The van der Waals surface area contributed by atoms with Crippen molar-refractivity contribution in [2.24, 2.45) is 0 Å². The molecular weight excluding hydrogens is 580 g/mol. The molecule has 0 unspecified atom stereocenters. The standard InChI is InChI=1S/C43H46O4/c1-27-25-37(29(3)23-31(27)19-21-39(44)46-41(5,6)7)43(35-17-13-11-15-33(35)34-16-12-14-18-36(34)43)38-26-28(2)32(24-30(38)4)20-22-40(45)47-42(8,9)10/h11-26H,1-10H3. The molecule has 0 saturated carbocycles. The van der Waals surface area contributed by atoms with Gasteiger partial charge in [-0.05, 0) is 148 Å². The number of carbonyl (C=O) groups is 2. The highest BCUT2D eigenvalue weighted by Gasteiger charge is 2.47. The number of ether oxygens (including phenoxy) is 2. The van der Waals surface area contributed by atoms with Crippen LogP contribution in [-0.2, 0) is 24.5 Å². The van der Waals surface area contributed by atoms with Crippen LogP contribution in [0.3, 0.4) is 0 Å². The molecule has 4 heteroatoms. The molecule has 4 aromatic carbocycles. The third-order valence-electron chi connectivity index (χ3n) is 8.60. The number of benzene rings is 4. The maximum Gasteiger partial charge on any atom is 0.331 e. The van der Waals surface area contributed by atoms with E-state index in [1.807, 2.05) is 53.7 Å². The molecule has 0 amide bonds. The highest BCUT2D eigenvalue weighted by atomic mass is 16.6. The third kappa shape index (κ3) is 6.74. The summed E-state index contributed by atoms with van der Waals surface area (Å²) >= 11 is 0. The van der Waals surface area contributed by atoms with Gasteiger partial charge in [-0.3, -0.25) is 0 Å². The number of esters is 2. The molecule has 5 rings (SSSR count). The van der Waals surface area contributed by atoms with Crippen LogP contribution in [0.1, 0.15) is 97.2 Å². The van der Waals surface area contributed by atoms with Crippen LogP contribution in [0, 0.1) is 27.7 Å². The zero-order valence-electron chi connectivity index (χ0n) is 29.4. The fourth-order valence-electron chi connectivity index (χ4n) is 6.79. The third-order valence-corrected chi connectivity index (χ3v) is 8.60. The quantitative estimate of drug-likeness (QED) is 0.139. The van der Waals surface area contributed by atoms with Gasteiger partial charge in [0.25, 0.3) is 0 Å². The molecule has 0 radical (unpaired) electrons. The van der Waals surface area contributed by atoms with E-state index in [0.717, 1.165) is 33.4 Å². The molecule has 0 heterocycles. The highest BCUT2D eigenvalue weighted by Crippen LogP contribution is 2.57. The molecule has 0 bridgehead atoms. The molecule has 0 saturated heterocycles. The van der Waals surface area contributed by atoms with Crippen LogP contribution in [0.15, 0.2) is 84.9 Å². The number of rotatable bonds is 6. The molecule has 0 aliphatic heterocycles. The molecule has 0 N–H and O–H groups in total. The second kappa shape index (κ2) is 12.5. The smallest absolute Gasteiger partial charge is 0.331 e. The van der Waals surface area contributed by atoms with Crippen LogP contribution in [0.5, 0.6) is 0 Å². The van der Waals surface area contributed by atoms with Crippen LogP contribution in [0.4, 0.5) is 0 Å². The van der Waals surface area contributed by atoms with Gasteiger partial charge in [-0.1, -0.05) is 72.8 Å². The minimum Gasteiger partial charge on any atom is -0.457 e. The van der Waals surface area contributed by atoms with Gasteiger partial charge in [0.2, 0.25) is 0 Å². The molecule has 242 valence electrons. The van der Waals surface area contributed by atoms with E-state index < -0.39 is 16.6 Å². The maximum atomic E-state index is 12.5. The Bertz CT molecular complexity index is 1780. The summed E-state index contributed by atoms with van der Waals surface area (Å²) in [6, 6.07) is 26.3. The Morgan fingerprint density at radius 1 is 0.532 bits per heavy atom. The molecule has 4 nitrogen and oxygen atoms in total. The monoisotopic (exact) mass is 626 g/mol. The summed E-state index contributed by atoms with van der Waals surface area (Å²) in [5, 5.41) is 0. The lowest BCUT2D eigenvalue weighted by Gasteiger charge is -2.37. The number of carbonyl (C=O) groups excluding carboxylic acids is 2. The first-order chi connectivity index (χ1) is 22.0. The number of fused-ring (bicyclic) bond motifs is 3. The van der Waals surface area contributed by atoms with Crippen molar-refractivity contribution in [3.8, 4) is 11.1 Å². The number of hydrogen-bond donors (Lipinski definition) is 0. The SMILES string of the molecule is Cc1cc(C2(c3cc(C)c(C=CC(=O)OC(C)(C)C)cc3C)c3ccccc3-c3ccccc32)c(C)cc1C=CC(=O)OC(C)(C)C. The van der Waals surface area contributed by atoms with Gasteiger partial charge in [-0.2, -0.15) is 0 Å². The van der Waals surface area contributed by atoms with E-state index in [-0.39, 0.29) is 11.9 Å². The van der Waals surface area contributed by atoms with Gasteiger partial charge in [-0.25, -0.2) is 9.59 Å². The lowest BCUT2D eigenvalue weighted by molar-refractivity contribution is -0.149. The van der Waals surface area contributed by atoms with Crippen molar-refractivity contribution in [2.75, 3.05) is 0 Å². The van der Waals surface area contributed by atoms with Crippen molar-refractivity contribution < 1.29 is 19.1 Å². The summed E-state index contributed by atoms with van der Waals surface area (Å²) in [7, 11) is 0. The van der Waals surface area contributed by atoms with Crippen LogP contribution < -0.4 is 0 Å². The minimum absolute atomic E-state index is 0.361. The van der Waals surface area contributed by atoms with E-state index in [2.05, 4.69) is 100 Å². The minimum atomic E-state index is -0.586. The molecular formula is C43H46O4.